The molecule has 0 radical (unpaired) electrons. The van der Waals surface area contributed by atoms with E-state index in [1.807, 2.05) is 0 Å². The van der Waals surface area contributed by atoms with Crippen molar-refractivity contribution in [1.82, 2.24) is 0 Å². The van der Waals surface area contributed by atoms with Crippen LogP contribution < -0.4 is 0 Å². The van der Waals surface area contributed by atoms with Gasteiger partial charge >= 0.3 is 118 Å². The van der Waals surface area contributed by atoms with Crippen LogP contribution in [0.2, 0.25) is 48.4 Å². The van der Waals surface area contributed by atoms with E-state index in [-0.39, 0.29) is 159 Å². The zero-order valence-electron chi connectivity index (χ0n) is 48.8. The molecule has 6 fully saturated rings. The van der Waals surface area contributed by atoms with Crippen LogP contribution in [0.15, 0.2) is 101 Å². The Hall–Kier alpha value is -5.06. The van der Waals surface area contributed by atoms with Crippen molar-refractivity contribution < 1.29 is 126 Å². The number of carbonyl (C=O) groups is 8. The molecule has 0 aromatic carbocycles. The fourth-order valence-electron chi connectivity index (χ4n) is 9.22. The first-order valence-electron chi connectivity index (χ1n) is 28.4. The summed E-state index contributed by atoms with van der Waals surface area (Å²) in [7, 11) is -38.7. The van der Waals surface area contributed by atoms with Crippen molar-refractivity contribution in [2.24, 2.45) is 0 Å². The highest BCUT2D eigenvalue weighted by Crippen LogP contribution is 2.55. The van der Waals surface area contributed by atoms with Gasteiger partial charge in [-0.05, 0) is 64.2 Å². The smallest absolute Gasteiger partial charge is 0.463 e. The molecule has 36 heteroatoms. The van der Waals surface area contributed by atoms with E-state index in [4.69, 9.17) is 87.3 Å². The highest BCUT2D eigenvalue weighted by Gasteiger charge is 2.83. The molecule has 482 valence electrons. The molecule has 6 aliphatic rings. The predicted octanol–water partition coefficient (Wildman–Crippen LogP) is 5.89. The summed E-state index contributed by atoms with van der Waals surface area (Å²) in [5.41, 5.74) is 0. The lowest BCUT2D eigenvalue weighted by Gasteiger charge is -2.63. The third kappa shape index (κ3) is 22.4. The van der Waals surface area contributed by atoms with Crippen molar-refractivity contribution in [1.29, 1.82) is 0 Å². The average molecular weight is 1360 g/mol. The van der Waals surface area contributed by atoms with Gasteiger partial charge in [0.05, 0.1) is 52.9 Å². The zero-order valence-corrected chi connectivity index (χ0v) is 56.8. The molecule has 8 bridgehead atoms. The van der Waals surface area contributed by atoms with E-state index in [2.05, 4.69) is 52.6 Å². The molecule has 6 saturated heterocycles. The molecule has 87 heavy (non-hydrogen) atoms. The summed E-state index contributed by atoms with van der Waals surface area (Å²) >= 11 is 0. The largest absolute Gasteiger partial charge is 0.479 e. The Balaban J connectivity index is 1.91. The summed E-state index contributed by atoms with van der Waals surface area (Å²) in [6, 6.07) is -1.48. The van der Waals surface area contributed by atoms with Gasteiger partial charge in [0.2, 0.25) is 0 Å². The quantitative estimate of drug-likeness (QED) is 0.0226. The first-order valence-corrected chi connectivity index (χ1v) is 43.8. The van der Waals surface area contributed by atoms with Crippen LogP contribution in [-0.4, -0.2) is 171 Å². The average Bonchev–Trinajstić information content (AvgIpc) is 0.692. The molecule has 0 saturated carbocycles. The Morgan fingerprint density at radius 2 is 0.333 bits per heavy atom. The van der Waals surface area contributed by atoms with E-state index in [0.29, 0.717) is 12.8 Å². The zero-order chi connectivity index (χ0) is 63.5. The van der Waals surface area contributed by atoms with Gasteiger partial charge in [-0.3, -0.25) is 0 Å². The van der Waals surface area contributed by atoms with Crippen LogP contribution in [0, 0.1) is 0 Å². The monoisotopic (exact) mass is 1360 g/mol. The minimum absolute atomic E-state index is 0.0169. The summed E-state index contributed by atoms with van der Waals surface area (Å²) < 4.78 is 136. The molecular weight excluding hydrogens is 1290 g/mol. The van der Waals surface area contributed by atoms with Gasteiger partial charge in [0.25, 0.3) is 0 Å². The Morgan fingerprint density at radius 3 is 0.494 bits per heavy atom. The van der Waals surface area contributed by atoms with E-state index in [9.17, 15) is 38.4 Å². The third-order valence-electron chi connectivity index (χ3n) is 12.8. The summed E-state index contributed by atoms with van der Waals surface area (Å²) in [6.45, 7) is 26.5. The lowest BCUT2D eigenvalue weighted by molar-refractivity contribution is -0.138. The number of rotatable bonds is 43. The number of ether oxygens (including phenoxy) is 8. The van der Waals surface area contributed by atoms with Crippen LogP contribution in [0.1, 0.15) is 70.6 Å². The van der Waals surface area contributed by atoms with E-state index < -0.39 is 118 Å². The fourth-order valence-corrected chi connectivity index (χ4v) is 59.6. The Bertz CT molecular complexity index is 2430. The molecule has 6 aliphatic heterocycles. The second-order valence-electron chi connectivity index (χ2n) is 19.6. The Kier molecular flexibility index (Phi) is 29.1. The summed E-state index contributed by atoms with van der Waals surface area (Å²) in [5.74, 6) is -5.74. The first kappa shape index (κ1) is 72.7. The van der Waals surface area contributed by atoms with Gasteiger partial charge < -0.3 is 87.3 Å². The van der Waals surface area contributed by atoms with E-state index in [0.717, 1.165) is 48.6 Å². The van der Waals surface area contributed by atoms with Crippen molar-refractivity contribution in [3.8, 4) is 0 Å². The number of esters is 8. The lowest BCUT2D eigenvalue weighted by atomic mass is 10.3. The van der Waals surface area contributed by atoms with Crippen LogP contribution in [0.5, 0.6) is 0 Å². The van der Waals surface area contributed by atoms with E-state index in [1.165, 1.54) is 0 Å². The van der Waals surface area contributed by atoms with Crippen LogP contribution in [0.25, 0.3) is 0 Å². The molecule has 6 heterocycles. The lowest BCUT2D eigenvalue weighted by Crippen LogP contribution is -2.88. The van der Waals surface area contributed by atoms with Crippen LogP contribution in [0.3, 0.4) is 0 Å². The van der Waals surface area contributed by atoms with Gasteiger partial charge in [-0.1, -0.05) is 59.1 Å². The van der Waals surface area contributed by atoms with Crippen LogP contribution in [-0.2, 0) is 126 Å². The van der Waals surface area contributed by atoms with Crippen molar-refractivity contribution in [2.45, 2.75) is 119 Å². The maximum absolute atomic E-state index is 12.6. The summed E-state index contributed by atoms with van der Waals surface area (Å²) in [5, 5.41) is 0. The van der Waals surface area contributed by atoms with Gasteiger partial charge in [-0.15, -0.1) is 0 Å². The van der Waals surface area contributed by atoms with Crippen molar-refractivity contribution in [2.75, 3.05) is 52.9 Å². The van der Waals surface area contributed by atoms with Crippen LogP contribution in [0.4, 0.5) is 0 Å². The fraction of sp³-hybridized carbons (Fsp3) is 0.529. The van der Waals surface area contributed by atoms with Crippen molar-refractivity contribution in [3.05, 3.63) is 101 Å². The predicted molar refractivity (Wildman–Crippen MR) is 318 cm³/mol. The molecule has 0 aliphatic carbocycles. The topological polar surface area (TPSA) is 321 Å². The molecule has 28 nitrogen and oxygen atoms in total. The molecule has 4 unspecified atom stereocenters. The van der Waals surface area contributed by atoms with Gasteiger partial charge in [0.1, 0.15) is 0 Å². The minimum atomic E-state index is -4.87. The normalized spacial score (nSPS) is 28.2. The van der Waals surface area contributed by atoms with Crippen LogP contribution >= 0.6 is 0 Å². The second-order valence-corrected chi connectivity index (χ2v) is 44.3. The number of carbonyl (C=O) groups excluding carboxylic acids is 8. The van der Waals surface area contributed by atoms with Gasteiger partial charge in [-0.2, -0.15) is 0 Å². The highest BCUT2D eigenvalue weighted by molar-refractivity contribution is 7.03. The standard InChI is InChI=1S/C51H78O28Si8/c1-9-44(52)60-28-18-17-20-36-80-68-81(37-21-19-29-61-45(53)10-2)71-84(40-24-32-64-48(56)13-5)73-82(69-80,38-22-30-62-46(54)11-3)75-86(42-26-34-66-50(58)15-7)76-83(70-80,39-23-31-63-47(55)12-4)74-85(72-81,41-25-33-65-49(57)14-6)78-87(77-84,79-86)43-27-35-67-51(59)16-8/h9-16H,1-8,17-43H2. The number of hydrogen-bond acceptors (Lipinski definition) is 28. The molecule has 0 aromatic heterocycles. The van der Waals surface area contributed by atoms with E-state index >= 15 is 0 Å². The Morgan fingerprint density at radius 1 is 0.207 bits per heavy atom. The molecule has 0 amide bonds. The molecule has 0 spiro atoms. The molecular formula is C51H78O28Si8. The highest BCUT2D eigenvalue weighted by atomic mass is 28.6. The molecule has 4 atom stereocenters. The maximum atomic E-state index is 12.6. The van der Waals surface area contributed by atoms with Gasteiger partial charge in [-0.25, -0.2) is 38.4 Å². The van der Waals surface area contributed by atoms with E-state index in [1.54, 1.807) is 0 Å². The summed E-state index contributed by atoms with van der Waals surface area (Å²) in [6.07, 6.45) is 9.13. The molecule has 0 N–H and O–H groups in total. The molecule has 6 rings (SSSR count). The maximum Gasteiger partial charge on any atom is 0.479 e. The van der Waals surface area contributed by atoms with Gasteiger partial charge in [0.15, 0.2) is 0 Å². The summed E-state index contributed by atoms with van der Waals surface area (Å²) in [4.78, 5) is 100.0. The Labute approximate surface area is 514 Å². The number of unbranched alkanes of at least 4 members (excludes halogenated alkanes) is 3. The SMILES string of the molecule is C=CC(=O)OCCCCC[Si]12O[Si]3(CCCCOC(=O)C=C)O[Si]4(CCCOC(=O)C=C)O[Si](CCCOC(=O)C=C)(O1)O[Si]1(CCCOC(=O)C=C)O[Si](CCCOC(=O)C=C)(O2)O[Si](CCCOC(=O)C=C)(O3)O[Si](CCCOC(=O)C=C)(O4)O1. The molecule has 0 aromatic rings. The minimum Gasteiger partial charge on any atom is -0.463 e. The van der Waals surface area contributed by atoms with Gasteiger partial charge in [0, 0.05) is 97.0 Å². The van der Waals surface area contributed by atoms with Crippen molar-refractivity contribution in [3.63, 3.8) is 0 Å². The first-order chi connectivity index (χ1) is 41.6. The second kappa shape index (κ2) is 34.8. The number of hydrogen-bond donors (Lipinski definition) is 0. The third-order valence-corrected chi connectivity index (χ3v) is 50.4. The van der Waals surface area contributed by atoms with Crippen molar-refractivity contribution >= 4 is 118 Å².